The summed E-state index contributed by atoms with van der Waals surface area (Å²) in [6, 6.07) is 7.10. The van der Waals surface area contributed by atoms with Gasteiger partial charge in [0.2, 0.25) is 15.9 Å². The normalized spacial score (nSPS) is 16.3. The summed E-state index contributed by atoms with van der Waals surface area (Å²) in [5, 5.41) is 11.3. The predicted octanol–water partition coefficient (Wildman–Crippen LogP) is 1.59. The first-order chi connectivity index (χ1) is 12.3. The van der Waals surface area contributed by atoms with Gasteiger partial charge in [-0.2, -0.15) is 5.26 Å². The fraction of sp³-hybridized carbons (Fsp3) is 0.500. The monoisotopic (exact) mass is 377 g/mol. The van der Waals surface area contributed by atoms with Gasteiger partial charge in [0.15, 0.2) is 0 Å². The van der Waals surface area contributed by atoms with Crippen LogP contribution in [0.5, 0.6) is 0 Å². The number of sulfonamides is 1. The van der Waals surface area contributed by atoms with Crippen LogP contribution >= 0.6 is 0 Å². The Morgan fingerprint density at radius 2 is 1.81 bits per heavy atom. The van der Waals surface area contributed by atoms with Crippen molar-refractivity contribution in [1.82, 2.24) is 10.0 Å². The molecule has 0 unspecified atom stereocenters. The third-order valence-electron chi connectivity index (χ3n) is 4.42. The van der Waals surface area contributed by atoms with Gasteiger partial charge in [-0.05, 0) is 37.5 Å². The Balaban J connectivity index is 1.89. The molecule has 140 valence electrons. The second-order valence-electron chi connectivity index (χ2n) is 6.60. The second-order valence-corrected chi connectivity index (χ2v) is 8.32. The van der Waals surface area contributed by atoms with Crippen LogP contribution in [0.15, 0.2) is 24.3 Å². The summed E-state index contributed by atoms with van der Waals surface area (Å²) in [5.74, 6) is -1.44. The van der Waals surface area contributed by atoms with Gasteiger partial charge in [0.1, 0.15) is 6.04 Å². The van der Waals surface area contributed by atoms with Crippen LogP contribution in [0.3, 0.4) is 0 Å². The van der Waals surface area contributed by atoms with E-state index < -0.39 is 22.0 Å². The number of carbonyl (C=O) groups is 2. The highest BCUT2D eigenvalue weighted by molar-refractivity contribution is 7.89. The van der Waals surface area contributed by atoms with Crippen molar-refractivity contribution in [3.8, 4) is 6.07 Å². The molecule has 1 aliphatic carbocycles. The Morgan fingerprint density at radius 3 is 2.38 bits per heavy atom. The molecule has 2 N–H and O–H groups in total. The van der Waals surface area contributed by atoms with E-state index in [2.05, 4.69) is 5.32 Å². The lowest BCUT2D eigenvalue weighted by molar-refractivity contribution is -0.130. The standard InChI is InChI=1S/C18H23N3O4S/c1-13(20-18(23)16-5-3-2-4-6-16)17(22)21-26(24,25)12-15-9-7-14(11-19)8-10-15/h7-10,13,16H,2-6,12H2,1H3,(H,20,23)(H,21,22)/t13-/m1/s1. The fourth-order valence-electron chi connectivity index (χ4n) is 2.93. The van der Waals surface area contributed by atoms with Gasteiger partial charge in [0.05, 0.1) is 17.4 Å². The van der Waals surface area contributed by atoms with Crippen LogP contribution in [0.25, 0.3) is 0 Å². The van der Waals surface area contributed by atoms with Gasteiger partial charge in [-0.15, -0.1) is 0 Å². The second kappa shape index (κ2) is 8.81. The fourth-order valence-corrected chi connectivity index (χ4v) is 4.12. The molecule has 0 aromatic heterocycles. The number of rotatable bonds is 6. The topological polar surface area (TPSA) is 116 Å². The Bertz CT molecular complexity index is 791. The summed E-state index contributed by atoms with van der Waals surface area (Å²) >= 11 is 0. The van der Waals surface area contributed by atoms with Crippen LogP contribution in [0.2, 0.25) is 0 Å². The highest BCUT2D eigenvalue weighted by atomic mass is 32.2. The number of benzene rings is 1. The van der Waals surface area contributed by atoms with Gasteiger partial charge >= 0.3 is 0 Å². The van der Waals surface area contributed by atoms with Gasteiger partial charge in [-0.3, -0.25) is 14.3 Å². The van der Waals surface area contributed by atoms with Gasteiger partial charge in [-0.25, -0.2) is 8.42 Å². The average Bonchev–Trinajstić information content (AvgIpc) is 2.62. The lowest BCUT2D eigenvalue weighted by Crippen LogP contribution is -2.48. The molecule has 0 bridgehead atoms. The minimum atomic E-state index is -3.89. The van der Waals surface area contributed by atoms with Crippen LogP contribution in [0, 0.1) is 17.2 Å². The Kier molecular flexibility index (Phi) is 6.75. The van der Waals surface area contributed by atoms with Crippen molar-refractivity contribution < 1.29 is 18.0 Å². The van der Waals surface area contributed by atoms with E-state index in [9.17, 15) is 18.0 Å². The SMILES string of the molecule is C[C@@H](NC(=O)C1CCCCC1)C(=O)NS(=O)(=O)Cc1ccc(C#N)cc1. The molecular weight excluding hydrogens is 354 g/mol. The van der Waals surface area contributed by atoms with Crippen molar-refractivity contribution >= 4 is 21.8 Å². The molecule has 0 spiro atoms. The molecule has 0 heterocycles. The molecule has 1 fully saturated rings. The molecule has 0 saturated heterocycles. The van der Waals surface area contributed by atoms with E-state index in [1.807, 2.05) is 10.8 Å². The van der Waals surface area contributed by atoms with Crippen LogP contribution in [-0.2, 0) is 25.4 Å². The minimum absolute atomic E-state index is 0.103. The summed E-state index contributed by atoms with van der Waals surface area (Å²) in [4.78, 5) is 24.3. The third kappa shape index (κ3) is 5.85. The average molecular weight is 377 g/mol. The maximum atomic E-state index is 12.2. The summed E-state index contributed by atoms with van der Waals surface area (Å²) in [7, 11) is -3.89. The quantitative estimate of drug-likeness (QED) is 0.781. The zero-order valence-corrected chi connectivity index (χ0v) is 15.5. The molecule has 1 atom stereocenters. The van der Waals surface area contributed by atoms with Crippen molar-refractivity contribution in [1.29, 1.82) is 5.26 Å². The van der Waals surface area contributed by atoms with E-state index in [1.165, 1.54) is 31.2 Å². The van der Waals surface area contributed by atoms with Gasteiger partial charge in [0.25, 0.3) is 5.91 Å². The van der Waals surface area contributed by atoms with Gasteiger partial charge < -0.3 is 5.32 Å². The Morgan fingerprint density at radius 1 is 1.19 bits per heavy atom. The number of nitrogens with zero attached hydrogens (tertiary/aromatic N) is 1. The lowest BCUT2D eigenvalue weighted by Gasteiger charge is -2.22. The third-order valence-corrected chi connectivity index (χ3v) is 5.65. The molecule has 2 amide bonds. The van der Waals surface area contributed by atoms with E-state index in [0.29, 0.717) is 11.1 Å². The van der Waals surface area contributed by atoms with E-state index in [-0.39, 0.29) is 17.6 Å². The highest BCUT2D eigenvalue weighted by Gasteiger charge is 2.26. The van der Waals surface area contributed by atoms with Crippen molar-refractivity contribution in [2.75, 3.05) is 0 Å². The number of nitriles is 1. The van der Waals surface area contributed by atoms with Crippen molar-refractivity contribution in [2.45, 2.75) is 50.8 Å². The van der Waals surface area contributed by atoms with E-state index in [4.69, 9.17) is 5.26 Å². The van der Waals surface area contributed by atoms with Crippen molar-refractivity contribution in [3.05, 3.63) is 35.4 Å². The largest absolute Gasteiger partial charge is 0.344 e. The van der Waals surface area contributed by atoms with Gasteiger partial charge in [0, 0.05) is 5.92 Å². The van der Waals surface area contributed by atoms with E-state index in [1.54, 1.807) is 0 Å². The molecule has 1 aromatic carbocycles. The highest BCUT2D eigenvalue weighted by Crippen LogP contribution is 2.23. The zero-order chi connectivity index (χ0) is 19.2. The van der Waals surface area contributed by atoms with Crippen LogP contribution in [0.1, 0.15) is 50.2 Å². The van der Waals surface area contributed by atoms with Crippen molar-refractivity contribution in [2.24, 2.45) is 5.92 Å². The molecule has 1 aromatic rings. The van der Waals surface area contributed by atoms with Crippen LogP contribution < -0.4 is 10.0 Å². The first kappa shape index (κ1) is 19.9. The molecule has 0 aliphatic heterocycles. The number of hydrogen-bond donors (Lipinski definition) is 2. The molecule has 0 radical (unpaired) electrons. The smallest absolute Gasteiger partial charge is 0.255 e. The zero-order valence-electron chi connectivity index (χ0n) is 14.7. The maximum absolute atomic E-state index is 12.2. The Hall–Kier alpha value is -2.40. The summed E-state index contributed by atoms with van der Waals surface area (Å²) in [6.45, 7) is 1.47. The number of amides is 2. The molecular formula is C18H23N3O4S. The van der Waals surface area contributed by atoms with E-state index >= 15 is 0 Å². The maximum Gasteiger partial charge on any atom is 0.255 e. The van der Waals surface area contributed by atoms with E-state index in [0.717, 1.165) is 32.1 Å². The minimum Gasteiger partial charge on any atom is -0.344 e. The molecule has 7 nitrogen and oxygen atoms in total. The molecule has 26 heavy (non-hydrogen) atoms. The molecule has 8 heteroatoms. The molecule has 1 saturated carbocycles. The predicted molar refractivity (Wildman–Crippen MR) is 96.1 cm³/mol. The van der Waals surface area contributed by atoms with Gasteiger partial charge in [-0.1, -0.05) is 31.4 Å². The Labute approximate surface area is 153 Å². The number of nitrogens with one attached hydrogen (secondary N) is 2. The first-order valence-corrected chi connectivity index (χ1v) is 10.3. The van der Waals surface area contributed by atoms with Crippen LogP contribution in [-0.4, -0.2) is 26.3 Å². The van der Waals surface area contributed by atoms with Crippen LogP contribution in [0.4, 0.5) is 0 Å². The van der Waals surface area contributed by atoms with Crippen molar-refractivity contribution in [3.63, 3.8) is 0 Å². The molecule has 2 rings (SSSR count). The summed E-state index contributed by atoms with van der Waals surface area (Å²) in [6.07, 6.45) is 4.72. The molecule has 1 aliphatic rings. The summed E-state index contributed by atoms with van der Waals surface area (Å²) < 4.78 is 26.3. The first-order valence-electron chi connectivity index (χ1n) is 8.64. The number of hydrogen-bond acceptors (Lipinski definition) is 5. The lowest BCUT2D eigenvalue weighted by atomic mass is 9.88. The summed E-state index contributed by atoms with van der Waals surface area (Å²) in [5.41, 5.74) is 0.887. The number of carbonyl (C=O) groups excluding carboxylic acids is 2.